The molecule has 94 valence electrons. The Morgan fingerprint density at radius 3 is 2.76 bits per heavy atom. The lowest BCUT2D eigenvalue weighted by molar-refractivity contribution is 0.126. The van der Waals surface area contributed by atoms with Gasteiger partial charge in [-0.1, -0.05) is 0 Å². The number of hydrogen-bond donors (Lipinski definition) is 2. The first-order valence-electron chi connectivity index (χ1n) is 5.70. The largest absolute Gasteiger partial charge is 0.480 e. The Hall–Kier alpha value is -0.880. The number of methoxy groups -OCH3 is 1. The van der Waals surface area contributed by atoms with Crippen LogP contribution in [0.25, 0.3) is 0 Å². The lowest BCUT2D eigenvalue weighted by atomic mass is 9.93. The highest BCUT2D eigenvalue weighted by Crippen LogP contribution is 2.24. The maximum Gasteiger partial charge on any atom is 0.232 e. The lowest BCUT2D eigenvalue weighted by Crippen LogP contribution is -2.28. The maximum absolute atomic E-state index is 9.43. The van der Waals surface area contributed by atoms with Gasteiger partial charge in [-0.2, -0.15) is 4.98 Å². The summed E-state index contributed by atoms with van der Waals surface area (Å²) >= 11 is 3.31. The van der Waals surface area contributed by atoms with Gasteiger partial charge in [0.1, 0.15) is 0 Å². The van der Waals surface area contributed by atoms with Crippen LogP contribution in [0.5, 0.6) is 5.88 Å². The number of rotatable bonds is 3. The molecule has 0 atom stereocenters. The maximum atomic E-state index is 9.43. The molecule has 6 heteroatoms. The molecule has 1 aromatic heterocycles. The third kappa shape index (κ3) is 3.29. The standard InChI is InChI=1S/C11H16BrN3O2/c1-17-10-9(12)6-13-11(15-10)14-7-2-4-8(16)5-3-7/h6-8,16H,2-5H2,1H3,(H,13,14,15). The van der Waals surface area contributed by atoms with Crippen molar-refractivity contribution in [2.75, 3.05) is 12.4 Å². The molecule has 0 aliphatic heterocycles. The quantitative estimate of drug-likeness (QED) is 0.893. The van der Waals surface area contributed by atoms with Crippen molar-refractivity contribution < 1.29 is 9.84 Å². The Morgan fingerprint density at radius 1 is 1.41 bits per heavy atom. The number of ether oxygens (including phenoxy) is 1. The van der Waals surface area contributed by atoms with Crippen LogP contribution in [0.2, 0.25) is 0 Å². The summed E-state index contributed by atoms with van der Waals surface area (Å²) < 4.78 is 5.85. The monoisotopic (exact) mass is 301 g/mol. The van der Waals surface area contributed by atoms with E-state index in [9.17, 15) is 5.11 Å². The minimum Gasteiger partial charge on any atom is -0.480 e. The first-order valence-corrected chi connectivity index (χ1v) is 6.49. The molecule has 5 nitrogen and oxygen atoms in total. The van der Waals surface area contributed by atoms with Gasteiger partial charge in [-0.3, -0.25) is 0 Å². The highest BCUT2D eigenvalue weighted by atomic mass is 79.9. The summed E-state index contributed by atoms with van der Waals surface area (Å²) in [5.41, 5.74) is 0. The second-order valence-corrected chi connectivity index (χ2v) is 5.05. The minimum absolute atomic E-state index is 0.145. The van der Waals surface area contributed by atoms with E-state index >= 15 is 0 Å². The lowest BCUT2D eigenvalue weighted by Gasteiger charge is -2.26. The van der Waals surface area contributed by atoms with Crippen molar-refractivity contribution in [2.24, 2.45) is 0 Å². The van der Waals surface area contributed by atoms with E-state index in [2.05, 4.69) is 31.2 Å². The Bertz CT molecular complexity index is 381. The molecule has 1 aliphatic carbocycles. The van der Waals surface area contributed by atoms with Crippen molar-refractivity contribution in [1.82, 2.24) is 9.97 Å². The summed E-state index contributed by atoms with van der Waals surface area (Å²) in [6.45, 7) is 0. The number of aliphatic hydroxyl groups excluding tert-OH is 1. The summed E-state index contributed by atoms with van der Waals surface area (Å²) in [6.07, 6.45) is 5.10. The van der Waals surface area contributed by atoms with Crippen molar-refractivity contribution in [1.29, 1.82) is 0 Å². The van der Waals surface area contributed by atoms with Gasteiger partial charge in [-0.25, -0.2) is 4.98 Å². The number of anilines is 1. The molecular formula is C11H16BrN3O2. The Kier molecular flexibility index (Phi) is 4.17. The van der Waals surface area contributed by atoms with E-state index in [-0.39, 0.29) is 6.10 Å². The fraction of sp³-hybridized carbons (Fsp3) is 0.636. The normalized spacial score (nSPS) is 24.4. The van der Waals surface area contributed by atoms with Crippen LogP contribution in [0.1, 0.15) is 25.7 Å². The topological polar surface area (TPSA) is 67.3 Å². The van der Waals surface area contributed by atoms with E-state index in [0.29, 0.717) is 17.9 Å². The van der Waals surface area contributed by atoms with E-state index in [4.69, 9.17) is 4.74 Å². The molecule has 0 saturated heterocycles. The van der Waals surface area contributed by atoms with Crippen LogP contribution in [0.15, 0.2) is 10.7 Å². The molecule has 0 radical (unpaired) electrons. The van der Waals surface area contributed by atoms with Crippen LogP contribution in [0, 0.1) is 0 Å². The number of nitrogens with one attached hydrogen (secondary N) is 1. The van der Waals surface area contributed by atoms with Gasteiger partial charge in [-0.05, 0) is 41.6 Å². The van der Waals surface area contributed by atoms with E-state index in [1.807, 2.05) is 0 Å². The molecule has 0 bridgehead atoms. The first-order chi connectivity index (χ1) is 8.19. The van der Waals surface area contributed by atoms with Crippen LogP contribution < -0.4 is 10.1 Å². The predicted octanol–water partition coefficient (Wildman–Crippen LogP) is 1.96. The van der Waals surface area contributed by atoms with Crippen molar-refractivity contribution in [3.8, 4) is 5.88 Å². The molecule has 2 N–H and O–H groups in total. The molecule has 1 saturated carbocycles. The summed E-state index contributed by atoms with van der Waals surface area (Å²) in [7, 11) is 1.58. The smallest absolute Gasteiger partial charge is 0.232 e. The molecule has 1 fully saturated rings. The van der Waals surface area contributed by atoms with E-state index < -0.39 is 0 Å². The zero-order chi connectivity index (χ0) is 12.3. The molecule has 0 spiro atoms. The minimum atomic E-state index is -0.145. The van der Waals surface area contributed by atoms with Gasteiger partial charge in [0.2, 0.25) is 11.8 Å². The predicted molar refractivity (Wildman–Crippen MR) is 68.2 cm³/mol. The van der Waals surface area contributed by atoms with Crippen LogP contribution in [0.3, 0.4) is 0 Å². The number of nitrogens with zero attached hydrogens (tertiary/aromatic N) is 2. The van der Waals surface area contributed by atoms with Crippen molar-refractivity contribution in [2.45, 2.75) is 37.8 Å². The third-order valence-corrected chi connectivity index (χ3v) is 3.48. The number of aromatic nitrogens is 2. The fourth-order valence-electron chi connectivity index (χ4n) is 1.97. The first kappa shape index (κ1) is 12.6. The van der Waals surface area contributed by atoms with Gasteiger partial charge in [0, 0.05) is 6.04 Å². The molecule has 1 aromatic rings. The van der Waals surface area contributed by atoms with Crippen molar-refractivity contribution in [3.63, 3.8) is 0 Å². The molecule has 0 amide bonds. The van der Waals surface area contributed by atoms with Gasteiger partial charge in [0.05, 0.1) is 23.9 Å². The molecule has 17 heavy (non-hydrogen) atoms. The van der Waals surface area contributed by atoms with E-state index in [1.54, 1.807) is 13.3 Å². The van der Waals surface area contributed by atoms with Crippen LogP contribution in [0.4, 0.5) is 5.95 Å². The van der Waals surface area contributed by atoms with Gasteiger partial charge in [-0.15, -0.1) is 0 Å². The summed E-state index contributed by atoms with van der Waals surface area (Å²) in [5, 5.41) is 12.7. The molecule has 0 unspecified atom stereocenters. The average molecular weight is 302 g/mol. The average Bonchev–Trinajstić information content (AvgIpc) is 2.34. The zero-order valence-electron chi connectivity index (χ0n) is 9.69. The molecule has 1 aliphatic rings. The van der Waals surface area contributed by atoms with Crippen molar-refractivity contribution >= 4 is 21.9 Å². The second kappa shape index (κ2) is 5.64. The fourth-order valence-corrected chi connectivity index (χ4v) is 2.32. The SMILES string of the molecule is COc1nc(NC2CCC(O)CC2)ncc1Br. The van der Waals surface area contributed by atoms with E-state index in [1.165, 1.54) is 0 Å². The molecule has 2 rings (SSSR count). The Balaban J connectivity index is 1.99. The van der Waals surface area contributed by atoms with E-state index in [0.717, 1.165) is 30.2 Å². The highest BCUT2D eigenvalue weighted by Gasteiger charge is 2.20. The highest BCUT2D eigenvalue weighted by molar-refractivity contribution is 9.10. The zero-order valence-corrected chi connectivity index (χ0v) is 11.3. The Morgan fingerprint density at radius 2 is 2.12 bits per heavy atom. The third-order valence-electron chi connectivity index (χ3n) is 2.94. The molecule has 0 aromatic carbocycles. The molecule has 1 heterocycles. The number of halogens is 1. The van der Waals surface area contributed by atoms with Gasteiger partial charge in [0.25, 0.3) is 0 Å². The van der Waals surface area contributed by atoms with Crippen LogP contribution in [-0.4, -0.2) is 34.3 Å². The second-order valence-electron chi connectivity index (χ2n) is 4.20. The Labute approximate surface area is 109 Å². The summed E-state index contributed by atoms with van der Waals surface area (Å²) in [4.78, 5) is 8.44. The molecular weight excluding hydrogens is 286 g/mol. The number of aliphatic hydroxyl groups is 1. The summed E-state index contributed by atoms with van der Waals surface area (Å²) in [6, 6.07) is 0.337. The van der Waals surface area contributed by atoms with Gasteiger partial charge in [0.15, 0.2) is 0 Å². The van der Waals surface area contributed by atoms with Crippen LogP contribution >= 0.6 is 15.9 Å². The van der Waals surface area contributed by atoms with Gasteiger partial charge < -0.3 is 15.2 Å². The van der Waals surface area contributed by atoms with Crippen molar-refractivity contribution in [3.05, 3.63) is 10.7 Å². The van der Waals surface area contributed by atoms with Crippen LogP contribution in [-0.2, 0) is 0 Å². The summed E-state index contributed by atoms with van der Waals surface area (Å²) in [5.74, 6) is 1.10. The number of hydrogen-bond acceptors (Lipinski definition) is 5. The van der Waals surface area contributed by atoms with Gasteiger partial charge >= 0.3 is 0 Å².